The van der Waals surface area contributed by atoms with Crippen LogP contribution in [0.1, 0.15) is 10.4 Å². The van der Waals surface area contributed by atoms with Crippen LogP contribution in [0.5, 0.6) is 0 Å². The van der Waals surface area contributed by atoms with Gasteiger partial charge in [0.25, 0.3) is 0 Å². The highest BCUT2D eigenvalue weighted by Crippen LogP contribution is 2.16. The molecule has 0 aliphatic heterocycles. The molecule has 0 radical (unpaired) electrons. The van der Waals surface area contributed by atoms with Crippen molar-refractivity contribution in [3.63, 3.8) is 0 Å². The van der Waals surface area contributed by atoms with E-state index in [1.807, 2.05) is 0 Å². The molecule has 0 bridgehead atoms. The van der Waals surface area contributed by atoms with E-state index in [1.54, 1.807) is 13.1 Å². The van der Waals surface area contributed by atoms with E-state index < -0.39 is 5.82 Å². The lowest BCUT2D eigenvalue weighted by Gasteiger charge is -1.96. The van der Waals surface area contributed by atoms with E-state index in [1.165, 1.54) is 16.9 Å². The van der Waals surface area contributed by atoms with Crippen molar-refractivity contribution in [1.29, 1.82) is 0 Å². The molecule has 0 atom stereocenters. The van der Waals surface area contributed by atoms with E-state index in [-0.39, 0.29) is 5.56 Å². The van der Waals surface area contributed by atoms with Crippen LogP contribution >= 0.6 is 0 Å². The predicted molar refractivity (Wildman–Crippen MR) is 49.6 cm³/mol. The second-order valence-corrected chi connectivity index (χ2v) is 2.96. The summed E-state index contributed by atoms with van der Waals surface area (Å²) in [5, 5.41) is 11.3. The molecule has 0 N–H and O–H groups in total. The van der Waals surface area contributed by atoms with Crippen molar-refractivity contribution in [2.24, 2.45) is 7.05 Å². The van der Waals surface area contributed by atoms with Gasteiger partial charge in [-0.15, -0.1) is 10.2 Å². The monoisotopic (exact) mass is 206 g/mol. The summed E-state index contributed by atoms with van der Waals surface area (Å²) in [6, 6.07) is 4.17. The predicted octanol–water partition coefficient (Wildman–Crippen LogP) is 0.829. The number of benzene rings is 1. The van der Waals surface area contributed by atoms with E-state index in [9.17, 15) is 9.18 Å². The molecule has 15 heavy (non-hydrogen) atoms. The molecule has 0 saturated carbocycles. The average molecular weight is 206 g/mol. The maximum atomic E-state index is 13.2. The number of tetrazole rings is 1. The highest BCUT2D eigenvalue weighted by atomic mass is 19.1. The summed E-state index contributed by atoms with van der Waals surface area (Å²) in [6.45, 7) is 0. The Balaban J connectivity index is 2.46. The van der Waals surface area contributed by atoms with Crippen LogP contribution in [0.2, 0.25) is 0 Å². The number of halogens is 1. The van der Waals surface area contributed by atoms with Crippen molar-refractivity contribution >= 4 is 6.29 Å². The minimum atomic E-state index is -0.588. The summed E-state index contributed by atoms with van der Waals surface area (Å²) < 4.78 is 13.2. The number of hydrogen-bond donors (Lipinski definition) is 0. The van der Waals surface area contributed by atoms with Gasteiger partial charge in [0.05, 0.1) is 12.6 Å². The summed E-state index contributed by atoms with van der Waals surface area (Å²) in [6.07, 6.45) is 0.462. The molecule has 0 amide bonds. The number of carbonyl (C=O) groups is 1. The summed E-state index contributed by atoms with van der Waals surface area (Å²) >= 11 is 0. The molecule has 0 spiro atoms. The van der Waals surface area contributed by atoms with Crippen LogP contribution < -0.4 is 0 Å². The molecule has 76 valence electrons. The van der Waals surface area contributed by atoms with Gasteiger partial charge in [0.2, 0.25) is 5.82 Å². The zero-order valence-electron chi connectivity index (χ0n) is 7.88. The Morgan fingerprint density at radius 1 is 1.47 bits per heavy atom. The van der Waals surface area contributed by atoms with Gasteiger partial charge in [0.1, 0.15) is 5.82 Å². The van der Waals surface area contributed by atoms with Gasteiger partial charge in [-0.05, 0) is 17.3 Å². The second-order valence-electron chi connectivity index (χ2n) is 2.96. The van der Waals surface area contributed by atoms with Crippen molar-refractivity contribution in [2.45, 2.75) is 0 Å². The maximum absolute atomic E-state index is 13.2. The fourth-order valence-corrected chi connectivity index (χ4v) is 1.16. The molecule has 2 rings (SSSR count). The first-order chi connectivity index (χ1) is 7.20. The van der Waals surface area contributed by atoms with E-state index >= 15 is 0 Å². The third-order valence-electron chi connectivity index (χ3n) is 1.89. The Bertz CT molecular complexity index is 509. The fourth-order valence-electron chi connectivity index (χ4n) is 1.16. The van der Waals surface area contributed by atoms with Gasteiger partial charge in [0.15, 0.2) is 6.29 Å². The number of carbonyl (C=O) groups excluding carboxylic acids is 1. The average Bonchev–Trinajstić information content (AvgIpc) is 2.65. The van der Waals surface area contributed by atoms with Crippen LogP contribution in [0.25, 0.3) is 11.4 Å². The number of aromatic nitrogens is 4. The topological polar surface area (TPSA) is 60.7 Å². The van der Waals surface area contributed by atoms with Gasteiger partial charge in [0, 0.05) is 5.56 Å². The summed E-state index contributed by atoms with van der Waals surface area (Å²) in [7, 11) is 1.62. The molecule has 0 aliphatic carbocycles. The van der Waals surface area contributed by atoms with Crippen LogP contribution in [-0.4, -0.2) is 26.5 Å². The van der Waals surface area contributed by atoms with Crippen LogP contribution in [0, 0.1) is 5.82 Å². The third kappa shape index (κ3) is 1.74. The van der Waals surface area contributed by atoms with Gasteiger partial charge in [-0.3, -0.25) is 4.79 Å². The van der Waals surface area contributed by atoms with Gasteiger partial charge in [-0.1, -0.05) is 6.07 Å². The van der Waals surface area contributed by atoms with E-state index in [2.05, 4.69) is 15.4 Å². The lowest BCUT2D eigenvalue weighted by atomic mass is 10.1. The Morgan fingerprint density at radius 2 is 2.27 bits per heavy atom. The lowest BCUT2D eigenvalue weighted by Crippen LogP contribution is -1.92. The standard InChI is InChI=1S/C9H7FN4O/c1-14-12-9(11-13-14)6-2-3-7(5-15)8(10)4-6/h2-5H,1H3. The Kier molecular flexibility index (Phi) is 2.24. The quantitative estimate of drug-likeness (QED) is 0.683. The van der Waals surface area contributed by atoms with Crippen LogP contribution in [-0.2, 0) is 7.05 Å². The zero-order chi connectivity index (χ0) is 10.8. The molecular weight excluding hydrogens is 199 g/mol. The normalized spacial score (nSPS) is 10.3. The van der Waals surface area contributed by atoms with Crippen molar-refractivity contribution in [3.05, 3.63) is 29.6 Å². The highest BCUT2D eigenvalue weighted by Gasteiger charge is 2.07. The molecule has 5 nitrogen and oxygen atoms in total. The number of aryl methyl sites for hydroxylation is 1. The molecule has 0 saturated heterocycles. The minimum absolute atomic E-state index is 0.0163. The van der Waals surface area contributed by atoms with Gasteiger partial charge >= 0.3 is 0 Å². The zero-order valence-corrected chi connectivity index (χ0v) is 7.88. The van der Waals surface area contributed by atoms with Gasteiger partial charge < -0.3 is 0 Å². The Morgan fingerprint density at radius 3 is 2.80 bits per heavy atom. The van der Waals surface area contributed by atoms with Crippen molar-refractivity contribution in [3.8, 4) is 11.4 Å². The molecule has 2 aromatic rings. The number of rotatable bonds is 2. The molecule has 0 unspecified atom stereocenters. The summed E-state index contributed by atoms with van der Waals surface area (Å²) in [5.41, 5.74) is 0.508. The smallest absolute Gasteiger partial charge is 0.205 e. The van der Waals surface area contributed by atoms with Gasteiger partial charge in [-0.2, -0.15) is 4.80 Å². The van der Waals surface area contributed by atoms with Crippen LogP contribution in [0.3, 0.4) is 0 Å². The van der Waals surface area contributed by atoms with Crippen molar-refractivity contribution in [1.82, 2.24) is 20.2 Å². The van der Waals surface area contributed by atoms with Crippen LogP contribution in [0.4, 0.5) is 4.39 Å². The lowest BCUT2D eigenvalue weighted by molar-refractivity contribution is 0.112. The van der Waals surface area contributed by atoms with Gasteiger partial charge in [-0.25, -0.2) is 4.39 Å². The Hall–Kier alpha value is -2.11. The molecule has 0 aliphatic rings. The highest BCUT2D eigenvalue weighted by molar-refractivity contribution is 5.76. The van der Waals surface area contributed by atoms with E-state index in [0.29, 0.717) is 17.7 Å². The van der Waals surface area contributed by atoms with Crippen molar-refractivity contribution in [2.75, 3.05) is 0 Å². The molecule has 1 aromatic heterocycles. The fraction of sp³-hybridized carbons (Fsp3) is 0.111. The summed E-state index contributed by atoms with van der Waals surface area (Å²) in [4.78, 5) is 11.7. The van der Waals surface area contributed by atoms with E-state index in [4.69, 9.17) is 0 Å². The first kappa shape index (κ1) is 9.45. The summed E-state index contributed by atoms with van der Waals surface area (Å²) in [5.74, 6) is -0.260. The molecule has 1 heterocycles. The molecule has 0 fully saturated rings. The first-order valence-corrected chi connectivity index (χ1v) is 4.20. The number of aldehydes is 1. The third-order valence-corrected chi connectivity index (χ3v) is 1.89. The second kappa shape index (κ2) is 3.56. The van der Waals surface area contributed by atoms with Crippen LogP contribution in [0.15, 0.2) is 18.2 Å². The molecular formula is C9H7FN4O. The van der Waals surface area contributed by atoms with E-state index in [0.717, 1.165) is 0 Å². The SMILES string of the molecule is Cn1nnc(-c2ccc(C=O)c(F)c2)n1. The number of hydrogen-bond acceptors (Lipinski definition) is 4. The Labute approximate surface area is 84.5 Å². The largest absolute Gasteiger partial charge is 0.298 e. The number of nitrogens with zero attached hydrogens (tertiary/aromatic N) is 4. The molecule has 6 heteroatoms. The van der Waals surface area contributed by atoms with Crippen molar-refractivity contribution < 1.29 is 9.18 Å². The maximum Gasteiger partial charge on any atom is 0.205 e. The minimum Gasteiger partial charge on any atom is -0.298 e. The first-order valence-electron chi connectivity index (χ1n) is 4.20. The molecule has 1 aromatic carbocycles.